The predicted octanol–water partition coefficient (Wildman–Crippen LogP) is 4.80. The van der Waals surface area contributed by atoms with Gasteiger partial charge in [0.2, 0.25) is 0 Å². The molecule has 0 saturated carbocycles. The summed E-state index contributed by atoms with van der Waals surface area (Å²) >= 11 is 12.3. The number of hydrogen-bond donors (Lipinski definition) is 0. The number of imide groups is 1. The van der Waals surface area contributed by atoms with E-state index in [0.717, 1.165) is 15.6 Å². The molecule has 2 aliphatic rings. The molecule has 3 amide bonds. The molecule has 10 heteroatoms. The number of nitro benzene ring substituents is 1. The predicted molar refractivity (Wildman–Crippen MR) is 121 cm³/mol. The number of halogens is 2. The minimum atomic E-state index is -0.652. The summed E-state index contributed by atoms with van der Waals surface area (Å²) in [4.78, 5) is 50.4. The lowest BCUT2D eigenvalue weighted by Gasteiger charge is -2.31. The second kappa shape index (κ2) is 8.96. The van der Waals surface area contributed by atoms with Gasteiger partial charge in [-0.15, -0.1) is 0 Å². The van der Waals surface area contributed by atoms with Crippen LogP contribution in [-0.2, 0) is 16.1 Å². The molecular weight excluding hydrogens is 469 g/mol. The van der Waals surface area contributed by atoms with Crippen LogP contribution in [0, 0.1) is 22.0 Å². The van der Waals surface area contributed by atoms with Gasteiger partial charge in [0.15, 0.2) is 0 Å². The zero-order valence-corrected chi connectivity index (χ0v) is 19.0. The molecule has 33 heavy (non-hydrogen) atoms. The summed E-state index contributed by atoms with van der Waals surface area (Å²) in [5, 5.41) is 13.6. The fourth-order valence-electron chi connectivity index (χ4n) is 4.18. The van der Waals surface area contributed by atoms with Crippen molar-refractivity contribution >= 4 is 46.6 Å². The number of non-ortho nitro benzene ring substituents is 1. The van der Waals surface area contributed by atoms with Crippen LogP contribution in [0.1, 0.15) is 35.7 Å². The number of rotatable bonds is 5. The summed E-state index contributed by atoms with van der Waals surface area (Å²) in [5.74, 6) is -2.61. The first-order valence-corrected chi connectivity index (χ1v) is 11.0. The minimum absolute atomic E-state index is 0.0930. The summed E-state index contributed by atoms with van der Waals surface area (Å²) in [6.45, 7) is 1.75. The van der Waals surface area contributed by atoms with Gasteiger partial charge >= 0.3 is 0 Å². The molecule has 4 rings (SSSR count). The zero-order valence-electron chi connectivity index (χ0n) is 17.5. The number of hydrogen-bond acceptors (Lipinski definition) is 5. The van der Waals surface area contributed by atoms with E-state index in [9.17, 15) is 24.5 Å². The summed E-state index contributed by atoms with van der Waals surface area (Å²) in [5.41, 5.74) is 1.42. The number of hydrazine groups is 1. The van der Waals surface area contributed by atoms with Crippen LogP contribution in [0.15, 0.2) is 54.1 Å². The second-order valence-corrected chi connectivity index (χ2v) is 8.94. The Morgan fingerprint density at radius 1 is 1.12 bits per heavy atom. The molecule has 2 atom stereocenters. The topological polar surface area (TPSA) is 101 Å². The Labute approximate surface area is 199 Å². The Balaban J connectivity index is 1.72. The van der Waals surface area contributed by atoms with Gasteiger partial charge in [0, 0.05) is 27.7 Å². The van der Waals surface area contributed by atoms with Crippen molar-refractivity contribution in [2.45, 2.75) is 26.3 Å². The largest absolute Gasteiger partial charge is 0.273 e. The number of nitrogens with zero attached hydrogens (tertiary/aromatic N) is 3. The standard InChI is InChI=1S/C23H19Cl2N3O5/c1-13-2-9-18-19(10-13)23(31)27(22(18)30)26(12-15-3-6-16(24)11-20(15)25)21(29)14-4-7-17(8-5-14)28(32)33/h2-8,11,18-19H,9-10,12H2,1H3/t18-,19+/m0/s1. The summed E-state index contributed by atoms with van der Waals surface area (Å²) in [6.07, 6.45) is 2.82. The number of carbonyl (C=O) groups excluding carboxylic acids is 3. The van der Waals surface area contributed by atoms with Crippen molar-refractivity contribution in [2.75, 3.05) is 0 Å². The zero-order chi connectivity index (χ0) is 23.9. The third-order valence-electron chi connectivity index (χ3n) is 5.94. The highest BCUT2D eigenvalue weighted by atomic mass is 35.5. The van der Waals surface area contributed by atoms with Gasteiger partial charge in [0.1, 0.15) is 0 Å². The van der Waals surface area contributed by atoms with E-state index < -0.39 is 34.5 Å². The van der Waals surface area contributed by atoms with Gasteiger partial charge in [-0.1, -0.05) is 40.9 Å². The number of allylic oxidation sites excluding steroid dienone is 2. The lowest BCUT2D eigenvalue weighted by Crippen LogP contribution is -2.49. The highest BCUT2D eigenvalue weighted by molar-refractivity contribution is 6.35. The van der Waals surface area contributed by atoms with Crippen molar-refractivity contribution in [3.05, 3.63) is 85.4 Å². The summed E-state index contributed by atoms with van der Waals surface area (Å²) < 4.78 is 0. The lowest BCUT2D eigenvalue weighted by molar-refractivity contribution is -0.384. The highest BCUT2D eigenvalue weighted by Gasteiger charge is 2.51. The van der Waals surface area contributed by atoms with Crippen LogP contribution in [0.4, 0.5) is 5.69 Å². The molecular formula is C23H19Cl2N3O5. The first-order valence-electron chi connectivity index (χ1n) is 10.2. The van der Waals surface area contributed by atoms with E-state index >= 15 is 0 Å². The van der Waals surface area contributed by atoms with Gasteiger partial charge in [-0.3, -0.25) is 24.5 Å². The van der Waals surface area contributed by atoms with Crippen molar-refractivity contribution in [1.82, 2.24) is 10.0 Å². The average molecular weight is 488 g/mol. The van der Waals surface area contributed by atoms with Gasteiger partial charge in [-0.25, -0.2) is 5.01 Å². The quantitative estimate of drug-likeness (QED) is 0.261. The molecule has 0 bridgehead atoms. The fraction of sp³-hybridized carbons (Fsp3) is 0.261. The SMILES string of the molecule is CC1=CC[C@@H]2C(=O)N(N(Cc3ccc(Cl)cc3Cl)C(=O)c3ccc([N+](=O)[O-])cc3)C(=O)[C@@H]2C1. The van der Waals surface area contributed by atoms with Gasteiger partial charge in [-0.2, -0.15) is 5.01 Å². The molecule has 1 fully saturated rings. The Hall–Kier alpha value is -3.23. The van der Waals surface area contributed by atoms with E-state index in [1.165, 1.54) is 30.3 Å². The van der Waals surface area contributed by atoms with E-state index in [2.05, 4.69) is 0 Å². The molecule has 0 unspecified atom stereocenters. The number of carbonyl (C=O) groups is 3. The van der Waals surface area contributed by atoms with Crippen LogP contribution >= 0.6 is 23.2 Å². The summed E-state index contributed by atoms with van der Waals surface area (Å²) in [7, 11) is 0. The Morgan fingerprint density at radius 3 is 2.42 bits per heavy atom. The third kappa shape index (κ3) is 4.36. The molecule has 0 radical (unpaired) electrons. The summed E-state index contributed by atoms with van der Waals surface area (Å²) in [6, 6.07) is 9.69. The molecule has 1 aliphatic carbocycles. The van der Waals surface area contributed by atoms with Gasteiger partial charge in [-0.05, 0) is 49.6 Å². The first kappa shape index (κ1) is 22.9. The minimum Gasteiger partial charge on any atom is -0.272 e. The number of fused-ring (bicyclic) bond motifs is 1. The Kier molecular flexibility index (Phi) is 6.23. The molecule has 2 aromatic rings. The van der Waals surface area contributed by atoms with Crippen LogP contribution < -0.4 is 0 Å². The molecule has 170 valence electrons. The number of nitro groups is 1. The van der Waals surface area contributed by atoms with Crippen LogP contribution in [0.3, 0.4) is 0 Å². The van der Waals surface area contributed by atoms with Crippen LogP contribution in [0.2, 0.25) is 10.0 Å². The van der Waals surface area contributed by atoms with Crippen molar-refractivity contribution in [3.63, 3.8) is 0 Å². The second-order valence-electron chi connectivity index (χ2n) is 8.09. The highest BCUT2D eigenvalue weighted by Crippen LogP contribution is 2.39. The van der Waals surface area contributed by atoms with E-state index in [4.69, 9.17) is 23.2 Å². The Morgan fingerprint density at radius 2 is 1.79 bits per heavy atom. The smallest absolute Gasteiger partial charge is 0.272 e. The van der Waals surface area contributed by atoms with Crippen molar-refractivity contribution < 1.29 is 19.3 Å². The van der Waals surface area contributed by atoms with Crippen molar-refractivity contribution in [2.24, 2.45) is 11.8 Å². The molecule has 0 N–H and O–H groups in total. The molecule has 8 nitrogen and oxygen atoms in total. The fourth-order valence-corrected chi connectivity index (χ4v) is 4.65. The number of amides is 3. The van der Waals surface area contributed by atoms with Gasteiger partial charge in [0.25, 0.3) is 23.4 Å². The van der Waals surface area contributed by atoms with E-state index in [1.54, 1.807) is 12.1 Å². The average Bonchev–Trinajstić information content (AvgIpc) is 3.02. The first-order chi connectivity index (χ1) is 15.7. The van der Waals surface area contributed by atoms with E-state index in [1.807, 2.05) is 13.0 Å². The van der Waals surface area contributed by atoms with Gasteiger partial charge in [0.05, 0.1) is 23.3 Å². The van der Waals surface area contributed by atoms with Crippen LogP contribution in [0.25, 0.3) is 0 Å². The third-order valence-corrected chi connectivity index (χ3v) is 6.52. The van der Waals surface area contributed by atoms with Crippen LogP contribution in [0.5, 0.6) is 0 Å². The maximum absolute atomic E-state index is 13.5. The lowest BCUT2D eigenvalue weighted by atomic mass is 9.82. The van der Waals surface area contributed by atoms with Gasteiger partial charge < -0.3 is 0 Å². The van der Waals surface area contributed by atoms with Crippen molar-refractivity contribution in [3.8, 4) is 0 Å². The van der Waals surface area contributed by atoms with Crippen molar-refractivity contribution in [1.29, 1.82) is 0 Å². The van der Waals surface area contributed by atoms with E-state index in [-0.39, 0.29) is 22.8 Å². The monoisotopic (exact) mass is 487 g/mol. The normalized spacial score (nSPS) is 19.8. The van der Waals surface area contributed by atoms with E-state index in [0.29, 0.717) is 23.4 Å². The maximum Gasteiger partial charge on any atom is 0.273 e. The molecule has 0 aromatic heterocycles. The Bertz CT molecular complexity index is 1200. The molecule has 1 heterocycles. The van der Waals surface area contributed by atoms with Crippen LogP contribution in [-0.4, -0.2) is 32.7 Å². The molecule has 0 spiro atoms. The molecule has 2 aromatic carbocycles. The molecule has 1 saturated heterocycles. The molecule has 1 aliphatic heterocycles. The maximum atomic E-state index is 13.5. The number of benzene rings is 2.